The first-order chi connectivity index (χ1) is 10.3. The standard InChI is InChI=1S/C18H27N3/c1-3-15(4-2)18-20-16-7-5-6-8-17(16)21(18)13-14-9-11-19-12-10-14/h5-8,14-15,19H,3-4,9-13H2,1-2H3. The van der Waals surface area contributed by atoms with E-state index in [1.54, 1.807) is 0 Å². The summed E-state index contributed by atoms with van der Waals surface area (Å²) >= 11 is 0. The number of nitrogens with one attached hydrogen (secondary N) is 1. The van der Waals surface area contributed by atoms with Crippen LogP contribution in [0.25, 0.3) is 11.0 Å². The molecule has 0 saturated carbocycles. The van der Waals surface area contributed by atoms with Gasteiger partial charge in [-0.05, 0) is 56.8 Å². The second-order valence-electron chi connectivity index (χ2n) is 6.28. The Morgan fingerprint density at radius 2 is 1.90 bits per heavy atom. The molecule has 114 valence electrons. The Morgan fingerprint density at radius 3 is 2.62 bits per heavy atom. The second kappa shape index (κ2) is 6.61. The number of fused-ring (bicyclic) bond motifs is 1. The number of hydrogen-bond acceptors (Lipinski definition) is 2. The van der Waals surface area contributed by atoms with Crippen molar-refractivity contribution in [3.05, 3.63) is 30.1 Å². The first-order valence-corrected chi connectivity index (χ1v) is 8.49. The highest BCUT2D eigenvalue weighted by Gasteiger charge is 2.21. The topological polar surface area (TPSA) is 29.9 Å². The van der Waals surface area contributed by atoms with E-state index in [4.69, 9.17) is 4.98 Å². The summed E-state index contributed by atoms with van der Waals surface area (Å²) in [7, 11) is 0. The van der Waals surface area contributed by atoms with Gasteiger partial charge in [-0.15, -0.1) is 0 Å². The number of nitrogens with zero attached hydrogens (tertiary/aromatic N) is 2. The largest absolute Gasteiger partial charge is 0.327 e. The monoisotopic (exact) mass is 285 g/mol. The van der Waals surface area contributed by atoms with E-state index in [1.807, 2.05) is 0 Å². The molecule has 0 bridgehead atoms. The highest BCUT2D eigenvalue weighted by Crippen LogP contribution is 2.28. The van der Waals surface area contributed by atoms with Gasteiger partial charge in [0, 0.05) is 12.5 Å². The van der Waals surface area contributed by atoms with Gasteiger partial charge >= 0.3 is 0 Å². The van der Waals surface area contributed by atoms with E-state index in [0.29, 0.717) is 5.92 Å². The van der Waals surface area contributed by atoms with Crippen molar-refractivity contribution >= 4 is 11.0 Å². The van der Waals surface area contributed by atoms with Gasteiger partial charge < -0.3 is 9.88 Å². The van der Waals surface area contributed by atoms with Crippen LogP contribution in [-0.4, -0.2) is 22.6 Å². The third-order valence-electron chi connectivity index (χ3n) is 4.93. The van der Waals surface area contributed by atoms with E-state index in [0.717, 1.165) is 31.1 Å². The van der Waals surface area contributed by atoms with E-state index in [2.05, 4.69) is 48.0 Å². The molecular weight excluding hydrogens is 258 g/mol. The van der Waals surface area contributed by atoms with Crippen LogP contribution >= 0.6 is 0 Å². The number of imidazole rings is 1. The minimum Gasteiger partial charge on any atom is -0.327 e. The van der Waals surface area contributed by atoms with Crippen molar-refractivity contribution in [3.63, 3.8) is 0 Å². The molecule has 0 unspecified atom stereocenters. The molecule has 3 nitrogen and oxygen atoms in total. The summed E-state index contributed by atoms with van der Waals surface area (Å²) < 4.78 is 2.52. The molecule has 3 rings (SSSR count). The highest BCUT2D eigenvalue weighted by atomic mass is 15.1. The number of benzene rings is 1. The van der Waals surface area contributed by atoms with Crippen LogP contribution in [0.5, 0.6) is 0 Å². The maximum Gasteiger partial charge on any atom is 0.112 e. The number of aromatic nitrogens is 2. The lowest BCUT2D eigenvalue weighted by atomic mass is 9.97. The second-order valence-corrected chi connectivity index (χ2v) is 6.28. The Balaban J connectivity index is 1.98. The van der Waals surface area contributed by atoms with Crippen LogP contribution in [0.4, 0.5) is 0 Å². The van der Waals surface area contributed by atoms with Gasteiger partial charge in [-0.25, -0.2) is 4.98 Å². The van der Waals surface area contributed by atoms with Gasteiger partial charge in [-0.3, -0.25) is 0 Å². The highest BCUT2D eigenvalue weighted by molar-refractivity contribution is 5.76. The van der Waals surface area contributed by atoms with E-state index in [9.17, 15) is 0 Å². The average molecular weight is 285 g/mol. The van der Waals surface area contributed by atoms with Gasteiger partial charge in [0.2, 0.25) is 0 Å². The Bertz CT molecular complexity index is 577. The Labute approximate surface area is 127 Å². The van der Waals surface area contributed by atoms with E-state index in [1.165, 1.54) is 37.0 Å². The summed E-state index contributed by atoms with van der Waals surface area (Å²) in [4.78, 5) is 4.97. The zero-order valence-electron chi connectivity index (χ0n) is 13.3. The lowest BCUT2D eigenvalue weighted by molar-refractivity contribution is 0.329. The van der Waals surface area contributed by atoms with Gasteiger partial charge in [0.15, 0.2) is 0 Å². The van der Waals surface area contributed by atoms with Gasteiger partial charge in [-0.1, -0.05) is 26.0 Å². The normalized spacial score (nSPS) is 16.9. The summed E-state index contributed by atoms with van der Waals surface area (Å²) in [6, 6.07) is 8.62. The molecule has 0 spiro atoms. The summed E-state index contributed by atoms with van der Waals surface area (Å²) in [6.07, 6.45) is 4.92. The molecule has 0 radical (unpaired) electrons. The van der Waals surface area contributed by atoms with Crippen molar-refractivity contribution in [2.45, 2.75) is 52.0 Å². The van der Waals surface area contributed by atoms with E-state index < -0.39 is 0 Å². The Kier molecular flexibility index (Phi) is 4.59. The molecule has 1 aliphatic rings. The smallest absolute Gasteiger partial charge is 0.112 e. The zero-order valence-corrected chi connectivity index (χ0v) is 13.3. The van der Waals surface area contributed by atoms with Crippen molar-refractivity contribution < 1.29 is 0 Å². The van der Waals surface area contributed by atoms with E-state index >= 15 is 0 Å². The fourth-order valence-electron chi connectivity index (χ4n) is 3.57. The number of piperidine rings is 1. The van der Waals surface area contributed by atoms with Crippen LogP contribution in [0.3, 0.4) is 0 Å². The predicted molar refractivity (Wildman–Crippen MR) is 88.6 cm³/mol. The van der Waals surface area contributed by atoms with Crippen LogP contribution in [0.2, 0.25) is 0 Å². The maximum absolute atomic E-state index is 4.97. The Morgan fingerprint density at radius 1 is 1.19 bits per heavy atom. The van der Waals surface area contributed by atoms with Gasteiger partial charge in [0.1, 0.15) is 5.82 Å². The molecule has 3 heteroatoms. The van der Waals surface area contributed by atoms with Crippen molar-refractivity contribution in [2.24, 2.45) is 5.92 Å². The van der Waals surface area contributed by atoms with E-state index in [-0.39, 0.29) is 0 Å². The number of para-hydroxylation sites is 2. The first-order valence-electron chi connectivity index (χ1n) is 8.49. The predicted octanol–water partition coefficient (Wildman–Crippen LogP) is 3.94. The number of rotatable bonds is 5. The molecule has 1 aliphatic heterocycles. The van der Waals surface area contributed by atoms with Crippen LogP contribution < -0.4 is 5.32 Å². The molecule has 2 heterocycles. The van der Waals surface area contributed by atoms with Crippen LogP contribution in [0, 0.1) is 5.92 Å². The molecule has 1 N–H and O–H groups in total. The molecular formula is C18H27N3. The molecule has 1 fully saturated rings. The van der Waals surface area contributed by atoms with Crippen LogP contribution in [0.15, 0.2) is 24.3 Å². The molecule has 1 saturated heterocycles. The average Bonchev–Trinajstić information content (AvgIpc) is 2.89. The molecule has 0 amide bonds. The first kappa shape index (κ1) is 14.6. The van der Waals surface area contributed by atoms with Crippen molar-refractivity contribution in [2.75, 3.05) is 13.1 Å². The van der Waals surface area contributed by atoms with Gasteiger partial charge in [0.25, 0.3) is 0 Å². The van der Waals surface area contributed by atoms with Crippen molar-refractivity contribution in [1.29, 1.82) is 0 Å². The summed E-state index contributed by atoms with van der Waals surface area (Å²) in [5.74, 6) is 2.68. The SMILES string of the molecule is CCC(CC)c1nc2ccccc2n1CC1CCNCC1. The fourth-order valence-corrected chi connectivity index (χ4v) is 3.57. The maximum atomic E-state index is 4.97. The molecule has 0 atom stereocenters. The minimum absolute atomic E-state index is 0.583. The van der Waals surface area contributed by atoms with Gasteiger partial charge in [0.05, 0.1) is 11.0 Å². The Hall–Kier alpha value is -1.35. The van der Waals surface area contributed by atoms with Crippen LogP contribution in [-0.2, 0) is 6.54 Å². The summed E-state index contributed by atoms with van der Waals surface area (Å²) in [6.45, 7) is 8.02. The minimum atomic E-state index is 0.583. The summed E-state index contributed by atoms with van der Waals surface area (Å²) in [5, 5.41) is 3.47. The molecule has 21 heavy (non-hydrogen) atoms. The van der Waals surface area contributed by atoms with Crippen LogP contribution in [0.1, 0.15) is 51.3 Å². The quantitative estimate of drug-likeness (QED) is 0.901. The summed E-state index contributed by atoms with van der Waals surface area (Å²) in [5.41, 5.74) is 2.48. The fraction of sp³-hybridized carbons (Fsp3) is 0.611. The third kappa shape index (κ3) is 2.98. The molecule has 0 aliphatic carbocycles. The molecule has 2 aromatic rings. The van der Waals surface area contributed by atoms with Gasteiger partial charge in [-0.2, -0.15) is 0 Å². The zero-order chi connectivity index (χ0) is 14.7. The number of hydrogen-bond donors (Lipinski definition) is 1. The lowest BCUT2D eigenvalue weighted by Gasteiger charge is -2.25. The van der Waals surface area contributed by atoms with Crippen molar-refractivity contribution in [1.82, 2.24) is 14.9 Å². The lowest BCUT2D eigenvalue weighted by Crippen LogP contribution is -2.30. The van der Waals surface area contributed by atoms with Crippen molar-refractivity contribution in [3.8, 4) is 0 Å². The molecule has 1 aromatic heterocycles. The molecule has 1 aromatic carbocycles. The third-order valence-corrected chi connectivity index (χ3v) is 4.93.